The Hall–Kier alpha value is -1.46. The third kappa shape index (κ3) is 4.30. The van der Waals surface area contributed by atoms with Crippen LogP contribution < -0.4 is 11.1 Å². The number of anilines is 1. The van der Waals surface area contributed by atoms with Gasteiger partial charge in [-0.2, -0.15) is 0 Å². The number of nitrogens with one attached hydrogen (secondary N) is 1. The average molecular weight is 364 g/mol. The molecule has 132 valence electrons. The lowest BCUT2D eigenvalue weighted by atomic mass is 9.94. The van der Waals surface area contributed by atoms with E-state index in [2.05, 4.69) is 5.32 Å². The van der Waals surface area contributed by atoms with E-state index >= 15 is 0 Å². The van der Waals surface area contributed by atoms with E-state index in [1.54, 1.807) is 0 Å². The maximum absolute atomic E-state index is 13.2. The van der Waals surface area contributed by atoms with Crippen LogP contribution in [0, 0.1) is 11.7 Å². The quantitative estimate of drug-likeness (QED) is 0.803. The van der Waals surface area contributed by atoms with Crippen LogP contribution in [-0.2, 0) is 9.53 Å². The Balaban J connectivity index is 2.27. The number of hydrogen-bond donors (Lipinski definition) is 2. The number of amides is 1. The van der Waals surface area contributed by atoms with Gasteiger partial charge in [0, 0.05) is 18.3 Å². The Labute approximate surface area is 127 Å². The van der Waals surface area contributed by atoms with Crippen molar-refractivity contribution in [1.82, 2.24) is 0 Å². The first kappa shape index (κ1) is 17.9. The molecule has 2 rings (SSSR count). The molecule has 1 heterocycles. The second-order valence-corrected chi connectivity index (χ2v) is 7.62. The summed E-state index contributed by atoms with van der Waals surface area (Å²) in [6, 6.07) is 0.219. The van der Waals surface area contributed by atoms with Gasteiger partial charge in [-0.1, -0.05) is 19.4 Å². The molecule has 0 bridgehead atoms. The highest BCUT2D eigenvalue weighted by Gasteiger charge is 2.67. The minimum absolute atomic E-state index is 0.0955. The monoisotopic (exact) mass is 364 g/mol. The molecule has 1 aromatic rings. The minimum atomic E-state index is -10.2. The van der Waals surface area contributed by atoms with Gasteiger partial charge in [0.25, 0.3) is 0 Å². The first-order valence-corrected chi connectivity index (χ1v) is 8.41. The van der Waals surface area contributed by atoms with Crippen molar-refractivity contribution in [3.8, 4) is 0 Å². The number of carbonyl (C=O) groups is 1. The minimum Gasteiger partial charge on any atom is -0.380 e. The zero-order chi connectivity index (χ0) is 17.5. The lowest BCUT2D eigenvalue weighted by Gasteiger charge is -2.40. The largest absolute Gasteiger partial charge is 0.380 e. The van der Waals surface area contributed by atoms with Crippen LogP contribution in [0.4, 0.5) is 29.5 Å². The summed E-state index contributed by atoms with van der Waals surface area (Å²) >= 11 is 0. The van der Waals surface area contributed by atoms with Crippen LogP contribution >= 0.6 is 10.2 Å². The van der Waals surface area contributed by atoms with Gasteiger partial charge in [0.1, 0.15) is 10.7 Å². The van der Waals surface area contributed by atoms with Gasteiger partial charge < -0.3 is 15.8 Å². The zero-order valence-corrected chi connectivity index (χ0v) is 12.4. The maximum Gasteiger partial charge on any atom is 0.313 e. The fraction of sp³-hybridized carbons (Fsp3) is 0.417. The molecule has 1 aliphatic rings. The van der Waals surface area contributed by atoms with Crippen molar-refractivity contribution in [2.75, 3.05) is 18.5 Å². The van der Waals surface area contributed by atoms with Crippen LogP contribution in [0.25, 0.3) is 0 Å². The molecule has 0 aromatic heterocycles. The van der Waals surface area contributed by atoms with Crippen molar-refractivity contribution in [1.29, 1.82) is 0 Å². The van der Waals surface area contributed by atoms with Crippen LogP contribution in [0.3, 0.4) is 0 Å². The number of halogens is 6. The molecule has 0 saturated carbocycles. The molecule has 0 spiro atoms. The lowest BCUT2D eigenvalue weighted by molar-refractivity contribution is -0.123. The van der Waals surface area contributed by atoms with Gasteiger partial charge in [0.15, 0.2) is 0 Å². The summed E-state index contributed by atoms with van der Waals surface area (Å²) in [5, 5.41) is 2.06. The van der Waals surface area contributed by atoms with Crippen LogP contribution in [0.15, 0.2) is 23.1 Å². The summed E-state index contributed by atoms with van der Waals surface area (Å²) < 4.78 is 82.0. The first-order valence-electron chi connectivity index (χ1n) is 6.46. The molecule has 11 heteroatoms. The Morgan fingerprint density at radius 3 is 2.48 bits per heavy atom. The van der Waals surface area contributed by atoms with Crippen molar-refractivity contribution < 1.29 is 33.4 Å². The molecule has 23 heavy (non-hydrogen) atoms. The van der Waals surface area contributed by atoms with Gasteiger partial charge in [0.05, 0.1) is 12.5 Å². The summed E-state index contributed by atoms with van der Waals surface area (Å²) in [5.41, 5.74) is 5.07. The lowest BCUT2D eigenvalue weighted by Crippen LogP contribution is -2.45. The first-order chi connectivity index (χ1) is 10.3. The number of nitrogens with two attached hydrogens (primary N) is 1. The highest BCUT2D eigenvalue weighted by Crippen LogP contribution is 3.02. The summed E-state index contributed by atoms with van der Waals surface area (Å²) in [4.78, 5) is 9.32. The Morgan fingerprint density at radius 2 is 1.91 bits per heavy atom. The van der Waals surface area contributed by atoms with E-state index in [9.17, 15) is 28.6 Å². The molecule has 2 atom stereocenters. The van der Waals surface area contributed by atoms with Gasteiger partial charge in [-0.3, -0.25) is 4.79 Å². The molecular weight excluding hydrogens is 350 g/mol. The summed E-state index contributed by atoms with van der Waals surface area (Å²) in [7, 11) is -10.2. The van der Waals surface area contributed by atoms with Crippen LogP contribution in [0.5, 0.6) is 0 Å². The van der Waals surface area contributed by atoms with E-state index in [0.717, 1.165) is 6.07 Å². The molecule has 1 aliphatic heterocycles. The molecule has 1 aromatic carbocycles. The third-order valence-corrected chi connectivity index (χ3v) is 4.50. The summed E-state index contributed by atoms with van der Waals surface area (Å²) in [5.74, 6) is -3.58. The Kier molecular flexibility index (Phi) is 3.90. The van der Waals surface area contributed by atoms with E-state index in [1.807, 2.05) is 0 Å². The zero-order valence-electron chi connectivity index (χ0n) is 11.6. The van der Waals surface area contributed by atoms with Gasteiger partial charge in [0.2, 0.25) is 5.91 Å². The Bertz CT molecular complexity index is 636. The topological polar surface area (TPSA) is 64.3 Å². The van der Waals surface area contributed by atoms with Crippen molar-refractivity contribution in [2.24, 2.45) is 11.7 Å². The van der Waals surface area contributed by atoms with Crippen molar-refractivity contribution in [3.63, 3.8) is 0 Å². The van der Waals surface area contributed by atoms with Gasteiger partial charge in [-0.05, 0) is 24.6 Å². The number of ether oxygens (including phenoxy) is 1. The second-order valence-electron chi connectivity index (χ2n) is 5.24. The molecule has 0 unspecified atom stereocenters. The number of benzene rings is 1. The molecule has 1 saturated heterocycles. The van der Waals surface area contributed by atoms with Gasteiger partial charge >= 0.3 is 10.2 Å². The van der Waals surface area contributed by atoms with Crippen LogP contribution in [-0.4, -0.2) is 25.2 Å². The summed E-state index contributed by atoms with van der Waals surface area (Å²) in [6.45, 7) is 0.337. The van der Waals surface area contributed by atoms with Crippen LogP contribution in [0.2, 0.25) is 0 Å². The number of hydrogen-bond acceptors (Lipinski definition) is 3. The number of carbonyl (C=O) groups excluding carboxylic acids is 1. The molecular formula is C12H14F6N2O2S. The molecule has 4 nitrogen and oxygen atoms in total. The number of rotatable bonds is 3. The predicted molar refractivity (Wildman–Crippen MR) is 73.3 cm³/mol. The van der Waals surface area contributed by atoms with E-state index < -0.39 is 44.5 Å². The highest BCUT2D eigenvalue weighted by molar-refractivity contribution is 8.45. The standard InChI is InChI=1S/C12H14F6N2O2S/c13-9-2-1-7(5-11(9)23(14,15,16,17)18)20-12(21)8-3-4-22-6-10(8)19/h1-2,5,8,10H,3-4,6,19H2,(H,20,21)/t8-,10+/m1/s1. The molecule has 3 N–H and O–H groups in total. The van der Waals surface area contributed by atoms with E-state index in [0.29, 0.717) is 0 Å². The molecule has 0 radical (unpaired) electrons. The predicted octanol–water partition coefficient (Wildman–Crippen LogP) is 3.79. The average Bonchev–Trinajstić information content (AvgIpc) is 2.38. The molecule has 1 amide bonds. The molecule has 1 fully saturated rings. The van der Waals surface area contributed by atoms with E-state index in [-0.39, 0.29) is 31.8 Å². The van der Waals surface area contributed by atoms with Crippen molar-refractivity contribution in [2.45, 2.75) is 17.4 Å². The van der Waals surface area contributed by atoms with Gasteiger partial charge in [-0.15, -0.1) is 0 Å². The summed E-state index contributed by atoms with van der Waals surface area (Å²) in [6.07, 6.45) is 0.239. The second kappa shape index (κ2) is 5.02. The van der Waals surface area contributed by atoms with Crippen molar-refractivity contribution in [3.05, 3.63) is 24.0 Å². The van der Waals surface area contributed by atoms with E-state index in [1.165, 1.54) is 0 Å². The maximum atomic E-state index is 13.2. The van der Waals surface area contributed by atoms with Crippen molar-refractivity contribution >= 4 is 21.8 Å². The van der Waals surface area contributed by atoms with Gasteiger partial charge in [-0.25, -0.2) is 4.39 Å². The highest BCUT2D eigenvalue weighted by atomic mass is 32.5. The van der Waals surface area contributed by atoms with E-state index in [4.69, 9.17) is 10.5 Å². The normalized spacial score (nSPS) is 25.3. The Morgan fingerprint density at radius 1 is 1.26 bits per heavy atom. The third-order valence-electron chi connectivity index (χ3n) is 3.35. The SMILES string of the molecule is N[C@H]1COCC[C@H]1C(=O)Nc1ccc(F)c(S(F)(F)(F)(F)F)c1. The fourth-order valence-corrected chi connectivity index (χ4v) is 2.98. The smallest absolute Gasteiger partial charge is 0.313 e. The molecule has 0 aliphatic carbocycles. The van der Waals surface area contributed by atoms with Crippen LogP contribution in [0.1, 0.15) is 6.42 Å². The fourth-order valence-electron chi connectivity index (χ4n) is 2.20.